The van der Waals surface area contributed by atoms with Gasteiger partial charge in [0.15, 0.2) is 0 Å². The van der Waals surface area contributed by atoms with Crippen LogP contribution in [0.2, 0.25) is 0 Å². The van der Waals surface area contributed by atoms with Crippen molar-refractivity contribution in [3.8, 4) is 0 Å². The van der Waals surface area contributed by atoms with Gasteiger partial charge in [-0.05, 0) is 33.0 Å². The van der Waals surface area contributed by atoms with Gasteiger partial charge in [0, 0.05) is 25.2 Å². The molecular formula is C13H21N3. The lowest BCUT2D eigenvalue weighted by molar-refractivity contribution is 0.170. The summed E-state index contributed by atoms with van der Waals surface area (Å²) in [5, 5.41) is 0. The number of likely N-dealkylation sites (N-methyl/N-ethyl adjacent to an activating group) is 1. The highest BCUT2D eigenvalue weighted by Gasteiger charge is 2.27. The van der Waals surface area contributed by atoms with Crippen LogP contribution >= 0.6 is 0 Å². The predicted octanol–water partition coefficient (Wildman–Crippen LogP) is 1.80. The van der Waals surface area contributed by atoms with Crippen LogP contribution < -0.4 is 10.6 Å². The predicted molar refractivity (Wildman–Crippen MR) is 69.8 cm³/mol. The summed E-state index contributed by atoms with van der Waals surface area (Å²) in [7, 11) is 2.20. The van der Waals surface area contributed by atoms with Gasteiger partial charge in [-0.2, -0.15) is 0 Å². The number of hydrogen-bond donors (Lipinski definition) is 1. The van der Waals surface area contributed by atoms with Gasteiger partial charge in [-0.1, -0.05) is 12.1 Å². The van der Waals surface area contributed by atoms with Crippen LogP contribution in [0.1, 0.15) is 13.8 Å². The number of benzene rings is 1. The Morgan fingerprint density at radius 3 is 2.25 bits per heavy atom. The number of nitrogen functional groups attached to an aromatic ring is 1. The van der Waals surface area contributed by atoms with E-state index >= 15 is 0 Å². The highest BCUT2D eigenvalue weighted by Crippen LogP contribution is 2.26. The topological polar surface area (TPSA) is 32.5 Å². The molecule has 0 spiro atoms. The molecule has 88 valence electrons. The molecular weight excluding hydrogens is 198 g/mol. The summed E-state index contributed by atoms with van der Waals surface area (Å²) in [6.45, 7) is 6.63. The van der Waals surface area contributed by atoms with Crippen molar-refractivity contribution in [3.63, 3.8) is 0 Å². The summed E-state index contributed by atoms with van der Waals surface area (Å²) in [5.41, 5.74) is 8.08. The molecule has 2 rings (SSSR count). The molecule has 1 heterocycles. The molecule has 3 heteroatoms. The standard InChI is InChI=1S/C13H21N3/c1-10-8-16(9-11(2)15(10)3)13-7-5-4-6-12(13)14/h4-7,10-11H,8-9,14H2,1-3H3/t10-,11+. The molecule has 0 saturated carbocycles. The molecule has 0 bridgehead atoms. The Morgan fingerprint density at radius 1 is 1.12 bits per heavy atom. The Labute approximate surface area is 97.8 Å². The molecule has 1 aliphatic heterocycles. The van der Waals surface area contributed by atoms with E-state index in [0.29, 0.717) is 12.1 Å². The number of para-hydroxylation sites is 2. The number of anilines is 2. The number of nitrogens with zero attached hydrogens (tertiary/aromatic N) is 2. The largest absolute Gasteiger partial charge is 0.397 e. The number of hydrogen-bond acceptors (Lipinski definition) is 3. The van der Waals surface area contributed by atoms with Crippen molar-refractivity contribution in [3.05, 3.63) is 24.3 Å². The summed E-state index contributed by atoms with van der Waals surface area (Å²) in [6, 6.07) is 9.27. The van der Waals surface area contributed by atoms with E-state index < -0.39 is 0 Å². The maximum atomic E-state index is 6.02. The number of piperazine rings is 1. The zero-order valence-corrected chi connectivity index (χ0v) is 10.4. The van der Waals surface area contributed by atoms with Gasteiger partial charge in [-0.25, -0.2) is 0 Å². The van der Waals surface area contributed by atoms with E-state index in [1.165, 1.54) is 5.69 Å². The van der Waals surface area contributed by atoms with E-state index in [9.17, 15) is 0 Å². The van der Waals surface area contributed by atoms with Crippen molar-refractivity contribution in [1.29, 1.82) is 0 Å². The SMILES string of the molecule is C[C@@H]1CN(c2ccccc2N)C[C@H](C)N1C. The molecule has 0 aliphatic carbocycles. The van der Waals surface area contributed by atoms with Gasteiger partial charge in [-0.15, -0.1) is 0 Å². The maximum absolute atomic E-state index is 6.02. The monoisotopic (exact) mass is 219 g/mol. The fourth-order valence-electron chi connectivity index (χ4n) is 2.38. The molecule has 2 atom stereocenters. The summed E-state index contributed by atoms with van der Waals surface area (Å²) < 4.78 is 0. The summed E-state index contributed by atoms with van der Waals surface area (Å²) in [6.07, 6.45) is 0. The Hall–Kier alpha value is -1.22. The van der Waals surface area contributed by atoms with Crippen LogP contribution in [-0.2, 0) is 0 Å². The molecule has 1 aromatic carbocycles. The zero-order valence-electron chi connectivity index (χ0n) is 10.4. The quantitative estimate of drug-likeness (QED) is 0.731. The smallest absolute Gasteiger partial charge is 0.0601 e. The Balaban J connectivity index is 2.20. The van der Waals surface area contributed by atoms with Crippen LogP contribution in [0.4, 0.5) is 11.4 Å². The van der Waals surface area contributed by atoms with Crippen molar-refractivity contribution in [2.24, 2.45) is 0 Å². The van der Waals surface area contributed by atoms with Gasteiger partial charge in [0.2, 0.25) is 0 Å². The minimum Gasteiger partial charge on any atom is -0.397 e. The molecule has 2 N–H and O–H groups in total. The highest BCUT2D eigenvalue weighted by atomic mass is 15.3. The summed E-state index contributed by atoms with van der Waals surface area (Å²) in [5.74, 6) is 0. The minimum absolute atomic E-state index is 0.573. The van der Waals surface area contributed by atoms with Crippen LogP contribution in [0.25, 0.3) is 0 Å². The molecule has 0 aromatic heterocycles. The lowest BCUT2D eigenvalue weighted by Gasteiger charge is -2.43. The first-order chi connectivity index (χ1) is 7.59. The van der Waals surface area contributed by atoms with Crippen LogP contribution in [0.3, 0.4) is 0 Å². The minimum atomic E-state index is 0.573. The average molecular weight is 219 g/mol. The molecule has 3 nitrogen and oxygen atoms in total. The van der Waals surface area contributed by atoms with Gasteiger partial charge >= 0.3 is 0 Å². The fraction of sp³-hybridized carbons (Fsp3) is 0.538. The van der Waals surface area contributed by atoms with E-state index in [4.69, 9.17) is 5.73 Å². The molecule has 1 aromatic rings. The lowest BCUT2D eigenvalue weighted by atomic mass is 10.1. The van der Waals surface area contributed by atoms with Gasteiger partial charge in [-0.3, -0.25) is 4.90 Å². The third-order valence-corrected chi connectivity index (χ3v) is 3.64. The molecule has 16 heavy (non-hydrogen) atoms. The molecule has 1 fully saturated rings. The Morgan fingerprint density at radius 2 is 1.69 bits per heavy atom. The van der Waals surface area contributed by atoms with Crippen molar-refractivity contribution < 1.29 is 0 Å². The van der Waals surface area contributed by atoms with Crippen molar-refractivity contribution in [2.75, 3.05) is 30.8 Å². The summed E-state index contributed by atoms with van der Waals surface area (Å²) >= 11 is 0. The van der Waals surface area contributed by atoms with E-state index in [1.807, 2.05) is 12.1 Å². The van der Waals surface area contributed by atoms with Crippen LogP contribution in [0.5, 0.6) is 0 Å². The van der Waals surface area contributed by atoms with Crippen molar-refractivity contribution >= 4 is 11.4 Å². The van der Waals surface area contributed by atoms with E-state index in [-0.39, 0.29) is 0 Å². The van der Waals surface area contributed by atoms with E-state index in [0.717, 1.165) is 18.8 Å². The molecule has 1 aliphatic rings. The summed E-state index contributed by atoms with van der Waals surface area (Å²) in [4.78, 5) is 4.82. The molecule has 0 amide bonds. The fourth-order valence-corrected chi connectivity index (χ4v) is 2.38. The second kappa shape index (κ2) is 4.34. The van der Waals surface area contributed by atoms with Crippen LogP contribution in [0.15, 0.2) is 24.3 Å². The Bertz CT molecular complexity index is 352. The first-order valence-corrected chi connectivity index (χ1v) is 5.91. The average Bonchev–Trinajstić information content (AvgIpc) is 2.26. The Kier molecular flexibility index (Phi) is 3.06. The van der Waals surface area contributed by atoms with Gasteiger partial charge in [0.05, 0.1) is 11.4 Å². The molecule has 0 unspecified atom stereocenters. The van der Waals surface area contributed by atoms with Crippen molar-refractivity contribution in [2.45, 2.75) is 25.9 Å². The van der Waals surface area contributed by atoms with Crippen LogP contribution in [-0.4, -0.2) is 37.1 Å². The maximum Gasteiger partial charge on any atom is 0.0601 e. The third kappa shape index (κ3) is 2.00. The third-order valence-electron chi connectivity index (χ3n) is 3.64. The van der Waals surface area contributed by atoms with E-state index in [2.05, 4.69) is 42.8 Å². The lowest BCUT2D eigenvalue weighted by Crippen LogP contribution is -2.55. The number of nitrogens with two attached hydrogens (primary N) is 1. The zero-order chi connectivity index (χ0) is 11.7. The van der Waals surface area contributed by atoms with Crippen molar-refractivity contribution in [1.82, 2.24) is 4.90 Å². The highest BCUT2D eigenvalue weighted by molar-refractivity contribution is 5.67. The van der Waals surface area contributed by atoms with Gasteiger partial charge in [0.25, 0.3) is 0 Å². The molecule has 1 saturated heterocycles. The van der Waals surface area contributed by atoms with Crippen LogP contribution in [0, 0.1) is 0 Å². The van der Waals surface area contributed by atoms with Gasteiger partial charge in [0.1, 0.15) is 0 Å². The normalized spacial score (nSPS) is 27.1. The van der Waals surface area contributed by atoms with E-state index in [1.54, 1.807) is 0 Å². The number of rotatable bonds is 1. The second-order valence-corrected chi connectivity index (χ2v) is 4.83. The molecule has 0 radical (unpaired) electrons. The first-order valence-electron chi connectivity index (χ1n) is 5.91. The second-order valence-electron chi connectivity index (χ2n) is 4.83. The van der Waals surface area contributed by atoms with Gasteiger partial charge < -0.3 is 10.6 Å². The first kappa shape index (κ1) is 11.3.